The van der Waals surface area contributed by atoms with Gasteiger partial charge in [-0.25, -0.2) is 0 Å². The molecule has 0 amide bonds. The van der Waals surface area contributed by atoms with Crippen molar-refractivity contribution in [2.24, 2.45) is 0 Å². The van der Waals surface area contributed by atoms with Crippen LogP contribution < -0.4 is 5.32 Å². The number of hydrogen-bond acceptors (Lipinski definition) is 4. The molecule has 0 saturated heterocycles. The number of phenolic OH excluding ortho intramolecular Hbond substituents is 2. The SMILES string of the molecule is Cc1c(O)ccc(O)c1NCC(=O)O. The van der Waals surface area contributed by atoms with Crippen molar-refractivity contribution in [3.8, 4) is 11.5 Å². The van der Waals surface area contributed by atoms with Gasteiger partial charge in [-0.2, -0.15) is 0 Å². The predicted octanol–water partition coefficient (Wildman–Crippen LogP) is 0.903. The summed E-state index contributed by atoms with van der Waals surface area (Å²) in [5.74, 6) is -1.11. The van der Waals surface area contributed by atoms with Crippen LogP contribution in [0, 0.1) is 6.92 Å². The molecule has 0 aliphatic rings. The number of carboxylic acids is 1. The van der Waals surface area contributed by atoms with Gasteiger partial charge in [0.15, 0.2) is 0 Å². The number of rotatable bonds is 3. The Labute approximate surface area is 80.6 Å². The molecule has 0 spiro atoms. The van der Waals surface area contributed by atoms with Gasteiger partial charge in [0.25, 0.3) is 0 Å². The van der Waals surface area contributed by atoms with Crippen LogP contribution >= 0.6 is 0 Å². The van der Waals surface area contributed by atoms with E-state index in [9.17, 15) is 15.0 Å². The molecule has 14 heavy (non-hydrogen) atoms. The summed E-state index contributed by atoms with van der Waals surface area (Å²) in [7, 11) is 0. The number of nitrogens with one attached hydrogen (secondary N) is 1. The highest BCUT2D eigenvalue weighted by Gasteiger charge is 2.09. The molecule has 0 heterocycles. The van der Waals surface area contributed by atoms with Crippen molar-refractivity contribution in [3.05, 3.63) is 17.7 Å². The quantitative estimate of drug-likeness (QED) is 0.427. The normalized spacial score (nSPS) is 9.79. The Morgan fingerprint density at radius 2 is 1.93 bits per heavy atom. The second kappa shape index (κ2) is 3.87. The van der Waals surface area contributed by atoms with Crippen molar-refractivity contribution in [2.45, 2.75) is 6.92 Å². The van der Waals surface area contributed by atoms with Crippen LogP contribution in [0.4, 0.5) is 5.69 Å². The van der Waals surface area contributed by atoms with Gasteiger partial charge in [0.1, 0.15) is 18.0 Å². The third-order valence-electron chi connectivity index (χ3n) is 1.83. The Kier molecular flexibility index (Phi) is 2.81. The molecule has 1 rings (SSSR count). The summed E-state index contributed by atoms with van der Waals surface area (Å²) in [6, 6.07) is 2.64. The zero-order chi connectivity index (χ0) is 10.7. The fourth-order valence-electron chi connectivity index (χ4n) is 1.07. The van der Waals surface area contributed by atoms with Gasteiger partial charge < -0.3 is 20.6 Å². The van der Waals surface area contributed by atoms with Gasteiger partial charge in [-0.05, 0) is 19.1 Å². The van der Waals surface area contributed by atoms with E-state index in [0.29, 0.717) is 5.56 Å². The van der Waals surface area contributed by atoms with Crippen molar-refractivity contribution in [2.75, 3.05) is 11.9 Å². The minimum absolute atomic E-state index is 0.00990. The van der Waals surface area contributed by atoms with Crippen molar-refractivity contribution in [1.82, 2.24) is 0 Å². The van der Waals surface area contributed by atoms with Crippen LogP contribution in [0.15, 0.2) is 12.1 Å². The zero-order valence-electron chi connectivity index (χ0n) is 7.61. The molecule has 5 nitrogen and oxygen atoms in total. The van der Waals surface area contributed by atoms with Gasteiger partial charge in [0.05, 0.1) is 5.69 Å². The Balaban J connectivity index is 2.95. The summed E-state index contributed by atoms with van der Waals surface area (Å²) in [6.45, 7) is 1.27. The number of carbonyl (C=O) groups is 1. The number of carboxylic acid groups (broad SMARTS) is 1. The molecule has 0 fully saturated rings. The molecule has 0 aliphatic carbocycles. The lowest BCUT2D eigenvalue weighted by Crippen LogP contribution is -2.13. The lowest BCUT2D eigenvalue weighted by molar-refractivity contribution is -0.134. The van der Waals surface area contributed by atoms with Crippen LogP contribution in [0.5, 0.6) is 11.5 Å². The Hall–Kier alpha value is -1.91. The van der Waals surface area contributed by atoms with E-state index in [1.807, 2.05) is 0 Å². The monoisotopic (exact) mass is 197 g/mol. The van der Waals surface area contributed by atoms with Crippen molar-refractivity contribution < 1.29 is 20.1 Å². The third-order valence-corrected chi connectivity index (χ3v) is 1.83. The molecule has 1 aromatic rings. The van der Waals surface area contributed by atoms with E-state index < -0.39 is 5.97 Å². The van der Waals surface area contributed by atoms with Crippen molar-refractivity contribution >= 4 is 11.7 Å². The Bertz CT molecular complexity index is 362. The highest BCUT2D eigenvalue weighted by atomic mass is 16.4. The fourth-order valence-corrected chi connectivity index (χ4v) is 1.07. The first-order valence-electron chi connectivity index (χ1n) is 3.99. The van der Waals surface area contributed by atoms with Gasteiger partial charge in [0, 0.05) is 5.56 Å². The van der Waals surface area contributed by atoms with Gasteiger partial charge in [-0.1, -0.05) is 0 Å². The van der Waals surface area contributed by atoms with E-state index in [1.165, 1.54) is 12.1 Å². The molecule has 0 atom stereocenters. The maximum Gasteiger partial charge on any atom is 0.322 e. The number of aliphatic carboxylic acids is 1. The van der Waals surface area contributed by atoms with Crippen LogP contribution in [-0.4, -0.2) is 27.8 Å². The van der Waals surface area contributed by atoms with Crippen LogP contribution in [0.1, 0.15) is 5.56 Å². The number of hydrogen-bond donors (Lipinski definition) is 4. The average Bonchev–Trinajstić information content (AvgIpc) is 2.11. The lowest BCUT2D eigenvalue weighted by Gasteiger charge is -2.10. The first-order chi connectivity index (χ1) is 6.52. The van der Waals surface area contributed by atoms with E-state index >= 15 is 0 Å². The van der Waals surface area contributed by atoms with E-state index in [2.05, 4.69) is 5.32 Å². The van der Waals surface area contributed by atoms with E-state index in [0.717, 1.165) is 0 Å². The maximum atomic E-state index is 10.3. The number of benzene rings is 1. The minimum Gasteiger partial charge on any atom is -0.508 e. The van der Waals surface area contributed by atoms with Crippen molar-refractivity contribution in [1.29, 1.82) is 0 Å². The number of anilines is 1. The molecule has 76 valence electrons. The number of phenols is 2. The van der Waals surface area contributed by atoms with Gasteiger partial charge >= 0.3 is 5.97 Å². The molecule has 0 saturated carbocycles. The molecule has 0 bridgehead atoms. The Morgan fingerprint density at radius 3 is 2.50 bits per heavy atom. The smallest absolute Gasteiger partial charge is 0.322 e. The van der Waals surface area contributed by atoms with Gasteiger partial charge in [0.2, 0.25) is 0 Å². The average molecular weight is 197 g/mol. The second-order valence-electron chi connectivity index (χ2n) is 2.85. The van der Waals surface area contributed by atoms with Gasteiger partial charge in [-0.15, -0.1) is 0 Å². The maximum absolute atomic E-state index is 10.3. The molecular weight excluding hydrogens is 186 g/mol. The molecule has 5 heteroatoms. The predicted molar refractivity (Wildman–Crippen MR) is 50.6 cm³/mol. The standard InChI is InChI=1S/C9H11NO4/c1-5-6(11)2-3-7(12)9(5)10-4-8(13)14/h2-3,10-12H,4H2,1H3,(H,13,14). The summed E-state index contributed by atoms with van der Waals surface area (Å²) in [5, 5.41) is 29.6. The summed E-state index contributed by atoms with van der Waals surface area (Å²) in [4.78, 5) is 10.3. The summed E-state index contributed by atoms with van der Waals surface area (Å²) in [6.07, 6.45) is 0. The Morgan fingerprint density at radius 1 is 1.36 bits per heavy atom. The largest absolute Gasteiger partial charge is 0.508 e. The summed E-state index contributed by atoms with van der Waals surface area (Å²) >= 11 is 0. The molecule has 0 aliphatic heterocycles. The third kappa shape index (κ3) is 2.07. The van der Waals surface area contributed by atoms with Crippen LogP contribution in [0.2, 0.25) is 0 Å². The lowest BCUT2D eigenvalue weighted by atomic mass is 10.1. The topological polar surface area (TPSA) is 89.8 Å². The summed E-state index contributed by atoms with van der Waals surface area (Å²) < 4.78 is 0. The zero-order valence-corrected chi connectivity index (χ0v) is 7.61. The van der Waals surface area contributed by atoms with Crippen LogP contribution in [0.25, 0.3) is 0 Å². The van der Waals surface area contributed by atoms with Crippen LogP contribution in [0.3, 0.4) is 0 Å². The fraction of sp³-hybridized carbons (Fsp3) is 0.222. The summed E-state index contributed by atoms with van der Waals surface area (Å²) in [5.41, 5.74) is 0.665. The molecular formula is C9H11NO4. The van der Waals surface area contributed by atoms with Gasteiger partial charge in [-0.3, -0.25) is 4.79 Å². The highest BCUT2D eigenvalue weighted by molar-refractivity contribution is 5.75. The molecule has 0 unspecified atom stereocenters. The highest BCUT2D eigenvalue weighted by Crippen LogP contribution is 2.32. The minimum atomic E-state index is -1.04. The van der Waals surface area contributed by atoms with Crippen molar-refractivity contribution in [3.63, 3.8) is 0 Å². The number of aromatic hydroxyl groups is 2. The molecule has 0 aromatic heterocycles. The first kappa shape index (κ1) is 10.2. The second-order valence-corrected chi connectivity index (χ2v) is 2.85. The van der Waals surface area contributed by atoms with E-state index in [4.69, 9.17) is 5.11 Å². The first-order valence-corrected chi connectivity index (χ1v) is 3.99. The van der Waals surface area contributed by atoms with Crippen LogP contribution in [-0.2, 0) is 4.79 Å². The molecule has 4 N–H and O–H groups in total. The van der Waals surface area contributed by atoms with E-state index in [1.54, 1.807) is 6.92 Å². The molecule has 1 aromatic carbocycles. The molecule has 0 radical (unpaired) electrons. The van der Waals surface area contributed by atoms with E-state index in [-0.39, 0.29) is 23.7 Å².